The predicted octanol–water partition coefficient (Wildman–Crippen LogP) is 2.42. The molecule has 1 unspecified atom stereocenters. The van der Waals surface area contributed by atoms with Crippen molar-refractivity contribution >= 4 is 11.6 Å². The van der Waals surface area contributed by atoms with Crippen LogP contribution in [0.15, 0.2) is 24.3 Å². The lowest BCUT2D eigenvalue weighted by molar-refractivity contribution is 0.0497. The molecule has 0 heterocycles. The van der Waals surface area contributed by atoms with Crippen molar-refractivity contribution < 1.29 is 13.5 Å². The van der Waals surface area contributed by atoms with Gasteiger partial charge in [-0.2, -0.15) is 8.78 Å². The van der Waals surface area contributed by atoms with E-state index >= 15 is 0 Å². The first kappa shape index (κ1) is 13.2. The molecule has 0 spiro atoms. The van der Waals surface area contributed by atoms with Crippen molar-refractivity contribution in [1.82, 2.24) is 5.43 Å². The van der Waals surface area contributed by atoms with Crippen molar-refractivity contribution in [2.45, 2.75) is 18.3 Å². The van der Waals surface area contributed by atoms with E-state index in [0.29, 0.717) is 12.4 Å². The minimum absolute atomic E-state index is 0.272. The van der Waals surface area contributed by atoms with Gasteiger partial charge in [-0.25, -0.2) is 5.43 Å². The summed E-state index contributed by atoms with van der Waals surface area (Å²) < 4.78 is 31.1. The lowest BCUT2D eigenvalue weighted by Gasteiger charge is -2.21. The first-order chi connectivity index (χ1) is 7.49. The summed E-state index contributed by atoms with van der Waals surface area (Å²) in [6, 6.07) is 4.81. The van der Waals surface area contributed by atoms with E-state index in [1.54, 1.807) is 12.1 Å². The van der Waals surface area contributed by atoms with Crippen LogP contribution in [0, 0.1) is 0 Å². The second-order valence-corrected chi connectivity index (χ2v) is 3.65. The Morgan fingerprint density at radius 3 is 2.75 bits per heavy atom. The summed E-state index contributed by atoms with van der Waals surface area (Å²) in [7, 11) is 0. The van der Waals surface area contributed by atoms with Crippen LogP contribution in [0.3, 0.4) is 0 Å². The number of halogens is 3. The Balaban J connectivity index is 2.97. The fourth-order valence-corrected chi connectivity index (χ4v) is 1.52. The van der Waals surface area contributed by atoms with Crippen molar-refractivity contribution in [3.8, 4) is 5.75 Å². The number of hydrazine groups is 1. The third kappa shape index (κ3) is 3.30. The SMILES string of the molecule is CCOc1cccc(C(NN)C(F)(F)Cl)c1. The molecule has 0 saturated heterocycles. The molecule has 0 amide bonds. The smallest absolute Gasteiger partial charge is 0.342 e. The monoisotopic (exact) mass is 250 g/mol. The Hall–Kier alpha value is -0.910. The first-order valence-corrected chi connectivity index (χ1v) is 5.12. The molecule has 1 atom stereocenters. The van der Waals surface area contributed by atoms with Crippen LogP contribution in [0.25, 0.3) is 0 Å². The third-order valence-electron chi connectivity index (χ3n) is 2.00. The number of benzene rings is 1. The number of nitrogens with one attached hydrogen (secondary N) is 1. The summed E-state index contributed by atoms with van der Waals surface area (Å²) in [5, 5.41) is -3.46. The summed E-state index contributed by atoms with van der Waals surface area (Å²) in [5.74, 6) is 5.56. The average Bonchev–Trinajstić information content (AvgIpc) is 2.17. The summed E-state index contributed by atoms with van der Waals surface area (Å²) in [4.78, 5) is 0. The van der Waals surface area contributed by atoms with Crippen molar-refractivity contribution in [3.63, 3.8) is 0 Å². The van der Waals surface area contributed by atoms with Gasteiger partial charge in [0.15, 0.2) is 0 Å². The highest BCUT2D eigenvalue weighted by Crippen LogP contribution is 2.35. The van der Waals surface area contributed by atoms with E-state index in [1.165, 1.54) is 12.1 Å². The summed E-state index contributed by atoms with van der Waals surface area (Å²) in [6.45, 7) is 2.27. The molecule has 0 aliphatic carbocycles. The van der Waals surface area contributed by atoms with Gasteiger partial charge in [0.1, 0.15) is 11.8 Å². The maximum atomic E-state index is 13.0. The Kier molecular flexibility index (Phi) is 4.46. The Bertz CT molecular complexity index is 344. The van der Waals surface area contributed by atoms with Gasteiger partial charge in [-0.3, -0.25) is 5.84 Å². The zero-order valence-electron chi connectivity index (χ0n) is 8.71. The molecule has 0 aliphatic rings. The molecule has 0 radical (unpaired) electrons. The normalized spacial score (nSPS) is 13.6. The lowest BCUT2D eigenvalue weighted by atomic mass is 10.1. The highest BCUT2D eigenvalue weighted by atomic mass is 35.5. The van der Waals surface area contributed by atoms with Gasteiger partial charge in [-0.15, -0.1) is 0 Å². The van der Waals surface area contributed by atoms with Crippen molar-refractivity contribution in [1.29, 1.82) is 0 Å². The fraction of sp³-hybridized carbons (Fsp3) is 0.400. The number of alkyl halides is 3. The van der Waals surface area contributed by atoms with E-state index in [-0.39, 0.29) is 5.56 Å². The molecule has 0 aromatic heterocycles. The molecule has 0 aliphatic heterocycles. The minimum Gasteiger partial charge on any atom is -0.494 e. The van der Waals surface area contributed by atoms with Gasteiger partial charge in [0.05, 0.1) is 6.61 Å². The Morgan fingerprint density at radius 2 is 2.25 bits per heavy atom. The molecule has 1 aromatic carbocycles. The molecule has 0 saturated carbocycles. The topological polar surface area (TPSA) is 47.3 Å². The van der Waals surface area contributed by atoms with E-state index in [4.69, 9.17) is 22.2 Å². The molecule has 3 N–H and O–H groups in total. The van der Waals surface area contributed by atoms with Crippen LogP contribution in [0.4, 0.5) is 8.78 Å². The second kappa shape index (κ2) is 5.43. The Labute approximate surface area is 97.5 Å². The third-order valence-corrected chi connectivity index (χ3v) is 2.21. The summed E-state index contributed by atoms with van der Waals surface area (Å²) >= 11 is 4.95. The van der Waals surface area contributed by atoms with Crippen molar-refractivity contribution in [2.24, 2.45) is 5.84 Å². The van der Waals surface area contributed by atoms with Gasteiger partial charge < -0.3 is 4.74 Å². The van der Waals surface area contributed by atoms with Gasteiger partial charge >= 0.3 is 5.38 Å². The zero-order valence-corrected chi connectivity index (χ0v) is 9.47. The highest BCUT2D eigenvalue weighted by Gasteiger charge is 2.37. The van der Waals surface area contributed by atoms with Gasteiger partial charge in [0, 0.05) is 0 Å². The predicted molar refractivity (Wildman–Crippen MR) is 58.5 cm³/mol. The molecule has 0 fully saturated rings. The van der Waals surface area contributed by atoms with Crippen LogP contribution < -0.4 is 16.0 Å². The van der Waals surface area contributed by atoms with Crippen LogP contribution in [0.2, 0.25) is 0 Å². The lowest BCUT2D eigenvalue weighted by Crippen LogP contribution is -2.37. The number of ether oxygens (including phenoxy) is 1. The molecule has 1 aromatic rings. The average molecular weight is 251 g/mol. The Morgan fingerprint density at radius 1 is 1.56 bits per heavy atom. The van der Waals surface area contributed by atoms with Crippen LogP contribution >= 0.6 is 11.6 Å². The van der Waals surface area contributed by atoms with Crippen molar-refractivity contribution in [3.05, 3.63) is 29.8 Å². The first-order valence-electron chi connectivity index (χ1n) is 4.74. The number of rotatable bonds is 5. The van der Waals surface area contributed by atoms with E-state index in [2.05, 4.69) is 0 Å². The molecule has 0 bridgehead atoms. The zero-order chi connectivity index (χ0) is 12.2. The van der Waals surface area contributed by atoms with Gasteiger partial charge in [-0.05, 0) is 36.2 Å². The summed E-state index contributed by atoms with van der Waals surface area (Å²) in [6.07, 6.45) is 0. The van der Waals surface area contributed by atoms with Gasteiger partial charge in [0.2, 0.25) is 0 Å². The second-order valence-electron chi connectivity index (χ2n) is 3.15. The molecular formula is C10H13ClF2N2O. The molecule has 16 heavy (non-hydrogen) atoms. The van der Waals surface area contributed by atoms with E-state index in [1.807, 2.05) is 12.3 Å². The maximum absolute atomic E-state index is 13.0. The number of nitrogens with two attached hydrogens (primary N) is 1. The molecule has 90 valence electrons. The summed E-state index contributed by atoms with van der Waals surface area (Å²) in [5.41, 5.74) is 2.26. The van der Waals surface area contributed by atoms with Gasteiger partial charge in [-0.1, -0.05) is 12.1 Å². The van der Waals surface area contributed by atoms with Crippen LogP contribution in [-0.4, -0.2) is 12.0 Å². The van der Waals surface area contributed by atoms with Crippen LogP contribution in [0.1, 0.15) is 18.5 Å². The molecular weight excluding hydrogens is 238 g/mol. The standard InChI is InChI=1S/C10H13ClF2N2O/c1-2-16-8-5-3-4-7(6-8)9(15-14)10(11,12)13/h3-6,9,15H,2,14H2,1H3. The number of hydrogen-bond acceptors (Lipinski definition) is 3. The highest BCUT2D eigenvalue weighted by molar-refractivity contribution is 6.22. The van der Waals surface area contributed by atoms with E-state index in [0.717, 1.165) is 0 Å². The molecule has 3 nitrogen and oxygen atoms in total. The van der Waals surface area contributed by atoms with Crippen LogP contribution in [-0.2, 0) is 0 Å². The fourth-order valence-electron chi connectivity index (χ4n) is 1.33. The van der Waals surface area contributed by atoms with E-state index in [9.17, 15) is 8.78 Å². The van der Waals surface area contributed by atoms with Gasteiger partial charge in [0.25, 0.3) is 0 Å². The largest absolute Gasteiger partial charge is 0.494 e. The van der Waals surface area contributed by atoms with Crippen LogP contribution in [0.5, 0.6) is 5.75 Å². The van der Waals surface area contributed by atoms with Crippen molar-refractivity contribution in [2.75, 3.05) is 6.61 Å². The molecule has 1 rings (SSSR count). The quantitative estimate of drug-likeness (QED) is 0.479. The minimum atomic E-state index is -3.46. The number of hydrogen-bond donors (Lipinski definition) is 2. The van der Waals surface area contributed by atoms with E-state index < -0.39 is 11.4 Å². The molecule has 6 heteroatoms. The maximum Gasteiger partial charge on any atom is 0.342 e.